The van der Waals surface area contributed by atoms with Gasteiger partial charge >= 0.3 is 6.03 Å². The van der Waals surface area contributed by atoms with Crippen LogP contribution in [0.2, 0.25) is 0 Å². The molecule has 1 aromatic rings. The average Bonchev–Trinajstić information content (AvgIpc) is 2.38. The Labute approximate surface area is 114 Å². The molecule has 0 spiro atoms. The molecule has 0 bridgehead atoms. The lowest BCUT2D eigenvalue weighted by Crippen LogP contribution is -2.51. The van der Waals surface area contributed by atoms with Gasteiger partial charge in [0.1, 0.15) is 5.75 Å². The first-order valence-electron chi connectivity index (χ1n) is 6.36. The SMILES string of the molecule is CCc1ccccc1OCNC(=O)NC(C)(C)CO. The van der Waals surface area contributed by atoms with Gasteiger partial charge < -0.3 is 20.5 Å². The summed E-state index contributed by atoms with van der Waals surface area (Å²) in [4.78, 5) is 11.5. The van der Waals surface area contributed by atoms with Crippen molar-refractivity contribution in [2.24, 2.45) is 0 Å². The van der Waals surface area contributed by atoms with Crippen molar-refractivity contribution in [3.05, 3.63) is 29.8 Å². The van der Waals surface area contributed by atoms with Crippen molar-refractivity contribution in [1.82, 2.24) is 10.6 Å². The second kappa shape index (κ2) is 6.99. The van der Waals surface area contributed by atoms with E-state index in [1.165, 1.54) is 0 Å². The maximum atomic E-state index is 11.5. The number of hydrogen-bond acceptors (Lipinski definition) is 3. The molecule has 0 radical (unpaired) electrons. The molecule has 0 fully saturated rings. The second-order valence-electron chi connectivity index (χ2n) is 4.92. The highest BCUT2D eigenvalue weighted by molar-refractivity contribution is 5.74. The smallest absolute Gasteiger partial charge is 0.317 e. The van der Waals surface area contributed by atoms with Gasteiger partial charge in [-0.05, 0) is 31.9 Å². The zero-order valence-corrected chi connectivity index (χ0v) is 11.7. The van der Waals surface area contributed by atoms with Gasteiger partial charge in [-0.25, -0.2) is 4.79 Å². The number of amides is 2. The summed E-state index contributed by atoms with van der Waals surface area (Å²) in [5.41, 5.74) is 0.450. The third-order valence-corrected chi connectivity index (χ3v) is 2.66. The number of rotatable bonds is 6. The van der Waals surface area contributed by atoms with Gasteiger partial charge in [0, 0.05) is 0 Å². The van der Waals surface area contributed by atoms with Gasteiger partial charge in [0.2, 0.25) is 0 Å². The van der Waals surface area contributed by atoms with Gasteiger partial charge in [-0.1, -0.05) is 25.1 Å². The molecule has 0 atom stereocenters. The molecule has 0 aliphatic carbocycles. The Hall–Kier alpha value is -1.75. The van der Waals surface area contributed by atoms with Crippen LogP contribution in [0.15, 0.2) is 24.3 Å². The van der Waals surface area contributed by atoms with Gasteiger partial charge in [-0.2, -0.15) is 0 Å². The van der Waals surface area contributed by atoms with Crippen LogP contribution in [0.25, 0.3) is 0 Å². The third-order valence-electron chi connectivity index (χ3n) is 2.66. The van der Waals surface area contributed by atoms with Crippen molar-refractivity contribution in [3.63, 3.8) is 0 Å². The Bertz CT molecular complexity index is 419. The Morgan fingerprint density at radius 3 is 2.68 bits per heavy atom. The zero-order chi connectivity index (χ0) is 14.3. The lowest BCUT2D eigenvalue weighted by molar-refractivity contribution is 0.176. The maximum absolute atomic E-state index is 11.5. The maximum Gasteiger partial charge on any atom is 0.317 e. The number of nitrogens with one attached hydrogen (secondary N) is 2. The summed E-state index contributed by atoms with van der Waals surface area (Å²) in [5.74, 6) is 0.770. The first kappa shape index (κ1) is 15.3. The molecular formula is C14H22N2O3. The van der Waals surface area contributed by atoms with E-state index in [0.29, 0.717) is 0 Å². The molecule has 1 aromatic carbocycles. The molecule has 0 heterocycles. The molecule has 0 saturated heterocycles. The van der Waals surface area contributed by atoms with Crippen LogP contribution >= 0.6 is 0 Å². The second-order valence-corrected chi connectivity index (χ2v) is 4.92. The molecule has 0 aliphatic rings. The molecule has 1 rings (SSSR count). The normalized spacial score (nSPS) is 10.9. The Kier molecular flexibility index (Phi) is 5.63. The van der Waals surface area contributed by atoms with E-state index >= 15 is 0 Å². The highest BCUT2D eigenvalue weighted by Crippen LogP contribution is 2.17. The van der Waals surface area contributed by atoms with Crippen molar-refractivity contribution < 1.29 is 14.6 Å². The summed E-state index contributed by atoms with van der Waals surface area (Å²) >= 11 is 0. The Morgan fingerprint density at radius 2 is 2.05 bits per heavy atom. The van der Waals surface area contributed by atoms with Crippen molar-refractivity contribution in [2.75, 3.05) is 13.3 Å². The van der Waals surface area contributed by atoms with Crippen molar-refractivity contribution >= 4 is 6.03 Å². The van der Waals surface area contributed by atoms with Crippen LogP contribution < -0.4 is 15.4 Å². The zero-order valence-electron chi connectivity index (χ0n) is 11.7. The number of para-hydroxylation sites is 1. The minimum absolute atomic E-state index is 0.0877. The van der Waals surface area contributed by atoms with Gasteiger partial charge in [0.25, 0.3) is 0 Å². The van der Waals surface area contributed by atoms with Crippen LogP contribution in [0.1, 0.15) is 26.3 Å². The molecule has 106 valence electrons. The molecule has 5 heteroatoms. The quantitative estimate of drug-likeness (QED) is 0.686. The largest absolute Gasteiger partial charge is 0.473 e. The molecule has 0 saturated carbocycles. The van der Waals surface area contributed by atoms with Gasteiger partial charge in [-0.15, -0.1) is 0 Å². The van der Waals surface area contributed by atoms with E-state index < -0.39 is 5.54 Å². The molecule has 3 N–H and O–H groups in total. The molecular weight excluding hydrogens is 244 g/mol. The van der Waals surface area contributed by atoms with E-state index in [-0.39, 0.29) is 19.4 Å². The number of aliphatic hydroxyl groups excluding tert-OH is 1. The summed E-state index contributed by atoms with van der Waals surface area (Å²) in [7, 11) is 0. The molecule has 2 amide bonds. The van der Waals surface area contributed by atoms with E-state index in [4.69, 9.17) is 9.84 Å². The van der Waals surface area contributed by atoms with Crippen LogP contribution in [-0.2, 0) is 6.42 Å². The number of carbonyl (C=O) groups excluding carboxylic acids is 1. The van der Waals surface area contributed by atoms with Crippen LogP contribution in [0.3, 0.4) is 0 Å². The molecule has 5 nitrogen and oxygen atoms in total. The number of hydrogen-bond donors (Lipinski definition) is 3. The molecule has 0 aliphatic heterocycles. The van der Waals surface area contributed by atoms with Crippen molar-refractivity contribution in [2.45, 2.75) is 32.7 Å². The summed E-state index contributed by atoms with van der Waals surface area (Å²) in [6, 6.07) is 7.34. The fourth-order valence-corrected chi connectivity index (χ4v) is 1.51. The first-order chi connectivity index (χ1) is 8.98. The monoisotopic (exact) mass is 266 g/mol. The van der Waals surface area contributed by atoms with Crippen LogP contribution in [-0.4, -0.2) is 30.0 Å². The minimum atomic E-state index is -0.647. The van der Waals surface area contributed by atoms with Crippen molar-refractivity contribution in [3.8, 4) is 5.75 Å². The summed E-state index contributed by atoms with van der Waals surface area (Å²) < 4.78 is 5.51. The summed E-state index contributed by atoms with van der Waals surface area (Å²) in [6.07, 6.45) is 0.875. The first-order valence-corrected chi connectivity index (χ1v) is 6.36. The van der Waals surface area contributed by atoms with E-state index in [1.54, 1.807) is 13.8 Å². The number of urea groups is 1. The Morgan fingerprint density at radius 1 is 1.37 bits per heavy atom. The third kappa shape index (κ3) is 5.18. The van der Waals surface area contributed by atoms with Crippen LogP contribution in [0.5, 0.6) is 5.75 Å². The lowest BCUT2D eigenvalue weighted by atomic mass is 10.1. The number of benzene rings is 1. The predicted molar refractivity (Wildman–Crippen MR) is 74.1 cm³/mol. The summed E-state index contributed by atoms with van der Waals surface area (Å²) in [6.45, 7) is 5.48. The van der Waals surface area contributed by atoms with E-state index in [2.05, 4.69) is 10.6 Å². The van der Waals surface area contributed by atoms with E-state index in [1.807, 2.05) is 31.2 Å². The lowest BCUT2D eigenvalue weighted by Gasteiger charge is -2.23. The van der Waals surface area contributed by atoms with E-state index in [0.717, 1.165) is 17.7 Å². The van der Waals surface area contributed by atoms with Gasteiger partial charge in [0.15, 0.2) is 6.73 Å². The Balaban J connectivity index is 2.40. The highest BCUT2D eigenvalue weighted by Gasteiger charge is 2.18. The molecule has 0 unspecified atom stereocenters. The average molecular weight is 266 g/mol. The fraction of sp³-hybridized carbons (Fsp3) is 0.500. The van der Waals surface area contributed by atoms with Crippen LogP contribution in [0, 0.1) is 0 Å². The van der Waals surface area contributed by atoms with Gasteiger partial charge in [0.05, 0.1) is 12.1 Å². The standard InChI is InChI=1S/C14H22N2O3/c1-4-11-7-5-6-8-12(11)19-10-15-13(18)16-14(2,3)9-17/h5-8,17H,4,9-10H2,1-3H3,(H2,15,16,18). The van der Waals surface area contributed by atoms with Crippen LogP contribution in [0.4, 0.5) is 4.79 Å². The number of aryl methyl sites for hydroxylation is 1. The number of ether oxygens (including phenoxy) is 1. The van der Waals surface area contributed by atoms with Crippen molar-refractivity contribution in [1.29, 1.82) is 0 Å². The number of carbonyl (C=O) groups is 1. The van der Waals surface area contributed by atoms with E-state index in [9.17, 15) is 4.79 Å². The number of aliphatic hydroxyl groups is 1. The summed E-state index contributed by atoms with van der Waals surface area (Å²) in [5, 5.41) is 14.3. The fourth-order valence-electron chi connectivity index (χ4n) is 1.51. The minimum Gasteiger partial charge on any atom is -0.473 e. The topological polar surface area (TPSA) is 70.6 Å². The predicted octanol–water partition coefficient (Wildman–Crippen LogP) is 1.66. The molecule has 0 aromatic heterocycles. The highest BCUT2D eigenvalue weighted by atomic mass is 16.5. The molecule has 19 heavy (non-hydrogen) atoms. The van der Waals surface area contributed by atoms with Gasteiger partial charge in [-0.3, -0.25) is 0 Å².